The molecule has 5 nitrogen and oxygen atoms in total. The molecule has 0 saturated carbocycles. The van der Waals surface area contributed by atoms with Gasteiger partial charge in [0.15, 0.2) is 5.96 Å². The van der Waals surface area contributed by atoms with Crippen molar-refractivity contribution in [1.29, 1.82) is 0 Å². The molecule has 0 radical (unpaired) electrons. The Hall–Kier alpha value is -2.37. The van der Waals surface area contributed by atoms with Crippen molar-refractivity contribution in [3.8, 4) is 5.69 Å². The molecule has 1 aromatic carbocycles. The molecule has 0 fully saturated rings. The molecule has 0 aliphatic carbocycles. The van der Waals surface area contributed by atoms with Crippen LogP contribution in [0.3, 0.4) is 0 Å². The summed E-state index contributed by atoms with van der Waals surface area (Å²) in [6, 6.07) is 8.27. The Morgan fingerprint density at radius 2 is 1.88 bits per heavy atom. The maximum Gasteiger partial charge on any atom is 0.190 e. The van der Waals surface area contributed by atoms with Crippen LogP contribution in [0.25, 0.3) is 5.69 Å². The lowest BCUT2D eigenvalue weighted by atomic mass is 10.1. The van der Waals surface area contributed by atoms with Crippen molar-refractivity contribution in [2.75, 3.05) is 20.1 Å². The highest BCUT2D eigenvalue weighted by molar-refractivity contribution is 5.79. The van der Waals surface area contributed by atoms with Gasteiger partial charge in [-0.25, -0.2) is 9.07 Å². The Morgan fingerprint density at radius 1 is 1.17 bits per heavy atom. The van der Waals surface area contributed by atoms with E-state index < -0.39 is 0 Å². The lowest BCUT2D eigenvalue weighted by molar-refractivity contribution is 0.573. The fraction of sp³-hybridized carbons (Fsp3) is 0.444. The number of nitrogens with one attached hydrogen (secondary N) is 2. The number of aliphatic imine (C=N–C) groups is 1. The third kappa shape index (κ3) is 5.68. The number of aromatic nitrogens is 2. The number of hydrogen-bond donors (Lipinski definition) is 2. The maximum absolute atomic E-state index is 13.0. The third-order valence-corrected chi connectivity index (χ3v) is 3.65. The van der Waals surface area contributed by atoms with Crippen LogP contribution in [0.2, 0.25) is 0 Å². The van der Waals surface area contributed by atoms with Crippen LogP contribution < -0.4 is 10.6 Å². The van der Waals surface area contributed by atoms with Crippen LogP contribution in [-0.4, -0.2) is 35.9 Å². The third-order valence-electron chi connectivity index (χ3n) is 3.65. The Morgan fingerprint density at radius 3 is 2.54 bits per heavy atom. The van der Waals surface area contributed by atoms with Crippen LogP contribution in [0.15, 0.2) is 41.5 Å². The van der Waals surface area contributed by atoms with Gasteiger partial charge in [0.1, 0.15) is 5.82 Å². The highest BCUT2D eigenvalue weighted by Crippen LogP contribution is 2.09. The average molecular weight is 331 g/mol. The molecule has 0 amide bonds. The van der Waals surface area contributed by atoms with E-state index in [4.69, 9.17) is 0 Å². The van der Waals surface area contributed by atoms with Gasteiger partial charge < -0.3 is 10.6 Å². The van der Waals surface area contributed by atoms with Crippen molar-refractivity contribution in [1.82, 2.24) is 20.4 Å². The van der Waals surface area contributed by atoms with Crippen molar-refractivity contribution in [3.63, 3.8) is 0 Å². The van der Waals surface area contributed by atoms with Crippen molar-refractivity contribution in [2.24, 2.45) is 10.9 Å². The minimum atomic E-state index is -0.244. The smallest absolute Gasteiger partial charge is 0.190 e. The van der Waals surface area contributed by atoms with Gasteiger partial charge in [0.05, 0.1) is 11.4 Å². The highest BCUT2D eigenvalue weighted by Gasteiger charge is 2.03. The van der Waals surface area contributed by atoms with Crippen LogP contribution in [0, 0.1) is 11.7 Å². The summed E-state index contributed by atoms with van der Waals surface area (Å²) in [5.41, 5.74) is 1.83. The molecule has 0 aliphatic rings. The number of guanidine groups is 1. The summed E-state index contributed by atoms with van der Waals surface area (Å²) in [6.07, 6.45) is 3.79. The van der Waals surface area contributed by atoms with Crippen LogP contribution in [-0.2, 0) is 6.42 Å². The zero-order valence-electron chi connectivity index (χ0n) is 14.6. The first-order chi connectivity index (χ1) is 11.6. The van der Waals surface area contributed by atoms with Gasteiger partial charge in [-0.15, -0.1) is 0 Å². The fourth-order valence-corrected chi connectivity index (χ4v) is 2.24. The Bertz CT molecular complexity index is 646. The molecule has 24 heavy (non-hydrogen) atoms. The van der Waals surface area contributed by atoms with Gasteiger partial charge in [-0.1, -0.05) is 13.8 Å². The second-order valence-corrected chi connectivity index (χ2v) is 6.09. The highest BCUT2D eigenvalue weighted by atomic mass is 19.1. The molecule has 0 aliphatic heterocycles. The zero-order valence-corrected chi connectivity index (χ0v) is 14.6. The zero-order chi connectivity index (χ0) is 17.4. The minimum Gasteiger partial charge on any atom is -0.356 e. The molecule has 1 aromatic heterocycles. The Balaban J connectivity index is 1.79. The normalized spacial score (nSPS) is 11.8. The number of halogens is 1. The van der Waals surface area contributed by atoms with Crippen molar-refractivity contribution < 1.29 is 4.39 Å². The Labute approximate surface area is 143 Å². The summed E-state index contributed by atoms with van der Waals surface area (Å²) in [5.74, 6) is 1.24. The van der Waals surface area contributed by atoms with Crippen molar-refractivity contribution in [3.05, 3.63) is 48.0 Å². The van der Waals surface area contributed by atoms with E-state index in [0.29, 0.717) is 5.92 Å². The monoisotopic (exact) mass is 331 g/mol. The number of benzene rings is 1. The number of hydrogen-bond acceptors (Lipinski definition) is 2. The van der Waals surface area contributed by atoms with Crippen molar-refractivity contribution >= 4 is 5.96 Å². The van der Waals surface area contributed by atoms with E-state index in [9.17, 15) is 4.39 Å². The maximum atomic E-state index is 13.0. The van der Waals surface area contributed by atoms with Gasteiger partial charge in [0.25, 0.3) is 0 Å². The second-order valence-electron chi connectivity index (χ2n) is 6.09. The topological polar surface area (TPSA) is 54.2 Å². The first-order valence-corrected chi connectivity index (χ1v) is 8.33. The van der Waals surface area contributed by atoms with Crippen LogP contribution in [0.4, 0.5) is 4.39 Å². The lowest BCUT2D eigenvalue weighted by Crippen LogP contribution is -2.39. The second kappa shape index (κ2) is 9.05. The van der Waals surface area contributed by atoms with E-state index >= 15 is 0 Å². The van der Waals surface area contributed by atoms with E-state index in [1.165, 1.54) is 12.1 Å². The van der Waals surface area contributed by atoms with E-state index in [-0.39, 0.29) is 5.82 Å². The SMILES string of the molecule is CN=C(NCCc1ccn(-c2ccc(F)cc2)n1)NCCC(C)C. The molecule has 0 saturated heterocycles. The lowest BCUT2D eigenvalue weighted by Gasteiger charge is -2.12. The Kier molecular flexibility index (Phi) is 6.78. The number of rotatable bonds is 7. The summed E-state index contributed by atoms with van der Waals surface area (Å²) in [5, 5.41) is 11.1. The predicted molar refractivity (Wildman–Crippen MR) is 96.0 cm³/mol. The molecule has 2 rings (SSSR count). The van der Waals surface area contributed by atoms with Crippen LogP contribution in [0.1, 0.15) is 26.0 Å². The molecule has 0 atom stereocenters. The molecule has 0 unspecified atom stereocenters. The van der Waals surface area contributed by atoms with Gasteiger partial charge in [-0.2, -0.15) is 5.10 Å². The predicted octanol–water partition coefficient (Wildman–Crippen LogP) is 2.77. The summed E-state index contributed by atoms with van der Waals surface area (Å²) >= 11 is 0. The quantitative estimate of drug-likeness (QED) is 0.606. The average Bonchev–Trinajstić information content (AvgIpc) is 3.02. The molecule has 0 spiro atoms. The molecule has 1 heterocycles. The number of nitrogens with zero attached hydrogens (tertiary/aromatic N) is 3. The van der Waals surface area contributed by atoms with Gasteiger partial charge in [0, 0.05) is 32.8 Å². The molecule has 130 valence electrons. The standard InChI is InChI=1S/C18H26FN5/c1-14(2)8-11-21-18(20-3)22-12-9-16-10-13-24(23-16)17-6-4-15(19)5-7-17/h4-7,10,13-14H,8-9,11-12H2,1-3H3,(H2,20,21,22). The van der Waals surface area contributed by atoms with E-state index in [2.05, 4.69) is 34.6 Å². The molecule has 2 N–H and O–H groups in total. The van der Waals surface area contributed by atoms with E-state index in [1.807, 2.05) is 12.3 Å². The summed E-state index contributed by atoms with van der Waals surface area (Å²) in [4.78, 5) is 4.21. The van der Waals surface area contributed by atoms with Gasteiger partial charge in [0.2, 0.25) is 0 Å². The molecule has 6 heteroatoms. The van der Waals surface area contributed by atoms with Gasteiger partial charge in [-0.05, 0) is 42.7 Å². The van der Waals surface area contributed by atoms with Gasteiger partial charge in [-0.3, -0.25) is 4.99 Å². The first-order valence-electron chi connectivity index (χ1n) is 8.33. The molecular formula is C18H26FN5. The van der Waals surface area contributed by atoms with E-state index in [0.717, 1.165) is 43.3 Å². The fourth-order valence-electron chi connectivity index (χ4n) is 2.24. The molecule has 0 bridgehead atoms. The molecular weight excluding hydrogens is 305 g/mol. The summed E-state index contributed by atoms with van der Waals surface area (Å²) in [7, 11) is 1.77. The van der Waals surface area contributed by atoms with Crippen LogP contribution >= 0.6 is 0 Å². The first kappa shape index (κ1) is 18.0. The van der Waals surface area contributed by atoms with Gasteiger partial charge >= 0.3 is 0 Å². The summed E-state index contributed by atoms with van der Waals surface area (Å²) in [6.45, 7) is 6.07. The van der Waals surface area contributed by atoms with Crippen molar-refractivity contribution in [2.45, 2.75) is 26.7 Å². The van der Waals surface area contributed by atoms with E-state index in [1.54, 1.807) is 23.9 Å². The minimum absolute atomic E-state index is 0.244. The largest absolute Gasteiger partial charge is 0.356 e. The van der Waals surface area contributed by atoms with Crippen LogP contribution in [0.5, 0.6) is 0 Å². The summed E-state index contributed by atoms with van der Waals surface area (Å²) < 4.78 is 14.7. The molecule has 2 aromatic rings.